The van der Waals surface area contributed by atoms with E-state index in [9.17, 15) is 4.39 Å². The van der Waals surface area contributed by atoms with Gasteiger partial charge in [-0.15, -0.1) is 0 Å². The molecule has 0 N–H and O–H groups in total. The summed E-state index contributed by atoms with van der Waals surface area (Å²) in [4.78, 5) is 2.26. The Bertz CT molecular complexity index is 280. The van der Waals surface area contributed by atoms with Crippen LogP contribution in [-0.2, 0) is 11.3 Å². The molecule has 1 aliphatic heterocycles. The number of morpholine rings is 1. The van der Waals surface area contributed by atoms with Crippen molar-refractivity contribution >= 4 is 0 Å². The van der Waals surface area contributed by atoms with Crippen LogP contribution in [0, 0.1) is 12.4 Å². The van der Waals surface area contributed by atoms with Crippen molar-refractivity contribution in [2.75, 3.05) is 19.7 Å². The highest BCUT2D eigenvalue weighted by Crippen LogP contribution is 2.09. The molecule has 1 aromatic carbocycles. The van der Waals surface area contributed by atoms with Crippen molar-refractivity contribution in [1.82, 2.24) is 4.90 Å². The summed E-state index contributed by atoms with van der Waals surface area (Å²) in [6.07, 6.45) is 0. The minimum atomic E-state index is -0.178. The van der Waals surface area contributed by atoms with E-state index in [4.69, 9.17) is 4.74 Å². The molecule has 3 heteroatoms. The van der Waals surface area contributed by atoms with Crippen LogP contribution in [0.25, 0.3) is 0 Å². The maximum absolute atomic E-state index is 12.6. The van der Waals surface area contributed by atoms with E-state index in [-0.39, 0.29) is 5.82 Å². The predicted molar refractivity (Wildman–Crippen MR) is 51.9 cm³/mol. The van der Waals surface area contributed by atoms with E-state index in [0.717, 1.165) is 31.8 Å². The number of benzene rings is 1. The fourth-order valence-corrected chi connectivity index (χ4v) is 1.51. The largest absolute Gasteiger partial charge is 0.373 e. The molecule has 1 heterocycles. The molecule has 2 rings (SSSR count). The van der Waals surface area contributed by atoms with Crippen molar-refractivity contribution in [2.45, 2.75) is 6.54 Å². The average molecular weight is 194 g/mol. The Hall–Kier alpha value is -0.930. The van der Waals surface area contributed by atoms with E-state index < -0.39 is 0 Å². The first-order valence-corrected chi connectivity index (χ1v) is 4.75. The fraction of sp³-hybridized carbons (Fsp3) is 0.364. The lowest BCUT2D eigenvalue weighted by Gasteiger charge is -2.26. The second-order valence-corrected chi connectivity index (χ2v) is 3.40. The Morgan fingerprint density at radius 1 is 1.29 bits per heavy atom. The number of halogens is 1. The van der Waals surface area contributed by atoms with Crippen molar-refractivity contribution in [3.8, 4) is 0 Å². The van der Waals surface area contributed by atoms with Gasteiger partial charge in [0, 0.05) is 19.6 Å². The lowest BCUT2D eigenvalue weighted by atomic mass is 10.2. The van der Waals surface area contributed by atoms with E-state index >= 15 is 0 Å². The topological polar surface area (TPSA) is 12.5 Å². The third kappa shape index (κ3) is 2.53. The summed E-state index contributed by atoms with van der Waals surface area (Å²) in [5.41, 5.74) is 1.14. The normalized spacial score (nSPS) is 18.4. The van der Waals surface area contributed by atoms with Gasteiger partial charge < -0.3 is 4.74 Å². The number of hydrogen-bond donors (Lipinski definition) is 0. The maximum Gasteiger partial charge on any atom is 0.123 e. The summed E-state index contributed by atoms with van der Waals surface area (Å²) in [7, 11) is 0. The molecular formula is C11H13FNO. The Morgan fingerprint density at radius 2 is 2.07 bits per heavy atom. The monoisotopic (exact) mass is 194 g/mol. The number of nitrogens with zero attached hydrogens (tertiary/aromatic N) is 1. The van der Waals surface area contributed by atoms with Crippen LogP contribution in [0.15, 0.2) is 24.3 Å². The van der Waals surface area contributed by atoms with E-state index in [1.807, 2.05) is 18.7 Å². The summed E-state index contributed by atoms with van der Waals surface area (Å²) in [6.45, 7) is 5.21. The van der Waals surface area contributed by atoms with Crippen LogP contribution in [0.2, 0.25) is 0 Å². The molecule has 0 aliphatic carbocycles. The van der Waals surface area contributed by atoms with E-state index in [2.05, 4.69) is 4.90 Å². The predicted octanol–water partition coefficient (Wildman–Crippen LogP) is 1.82. The zero-order chi connectivity index (χ0) is 9.80. The summed E-state index contributed by atoms with van der Waals surface area (Å²) in [5, 5.41) is 0. The van der Waals surface area contributed by atoms with Crippen molar-refractivity contribution < 1.29 is 9.13 Å². The minimum Gasteiger partial charge on any atom is -0.373 e. The summed E-state index contributed by atoms with van der Waals surface area (Å²) < 4.78 is 17.8. The fourth-order valence-electron chi connectivity index (χ4n) is 1.51. The van der Waals surface area contributed by atoms with E-state index in [1.165, 1.54) is 12.1 Å². The van der Waals surface area contributed by atoms with Crippen LogP contribution in [0.1, 0.15) is 5.56 Å². The third-order valence-electron chi connectivity index (χ3n) is 2.30. The highest BCUT2D eigenvalue weighted by Gasteiger charge is 2.10. The molecule has 14 heavy (non-hydrogen) atoms. The molecule has 0 amide bonds. The first-order valence-electron chi connectivity index (χ1n) is 4.75. The Balaban J connectivity index is 1.92. The van der Waals surface area contributed by atoms with Gasteiger partial charge in [0.05, 0.1) is 13.2 Å². The first kappa shape index (κ1) is 9.62. The smallest absolute Gasteiger partial charge is 0.123 e. The number of hydrogen-bond acceptors (Lipinski definition) is 2. The number of ether oxygens (including phenoxy) is 1. The summed E-state index contributed by atoms with van der Waals surface area (Å²) in [6, 6.07) is 6.65. The summed E-state index contributed by atoms with van der Waals surface area (Å²) in [5.74, 6) is -0.178. The molecular weight excluding hydrogens is 181 g/mol. The Morgan fingerprint density at radius 3 is 2.71 bits per heavy atom. The molecule has 1 radical (unpaired) electrons. The van der Waals surface area contributed by atoms with Crippen molar-refractivity contribution in [2.24, 2.45) is 0 Å². The van der Waals surface area contributed by atoms with E-state index in [0.29, 0.717) is 0 Å². The van der Waals surface area contributed by atoms with Gasteiger partial charge in [0.2, 0.25) is 0 Å². The number of rotatable bonds is 2. The van der Waals surface area contributed by atoms with Gasteiger partial charge in [-0.25, -0.2) is 4.39 Å². The maximum atomic E-state index is 12.6. The molecule has 0 atom stereocenters. The van der Waals surface area contributed by atoms with Crippen LogP contribution in [0.5, 0.6) is 0 Å². The molecule has 0 unspecified atom stereocenters. The molecule has 75 valence electrons. The standard InChI is InChI=1S/C11H13FNO/c12-11-3-1-10(2-4-11)9-13-5-7-14-8-6-13/h1-4,7H,5-6,8-9H2. The quantitative estimate of drug-likeness (QED) is 0.712. The summed E-state index contributed by atoms with van der Waals surface area (Å²) >= 11 is 0. The molecule has 0 spiro atoms. The third-order valence-corrected chi connectivity index (χ3v) is 2.30. The molecule has 0 saturated carbocycles. The van der Waals surface area contributed by atoms with Crippen LogP contribution in [0.3, 0.4) is 0 Å². The van der Waals surface area contributed by atoms with Gasteiger partial charge in [-0.3, -0.25) is 4.90 Å². The van der Waals surface area contributed by atoms with Gasteiger partial charge in [0.1, 0.15) is 5.82 Å². The lowest BCUT2D eigenvalue weighted by Crippen LogP contribution is -2.33. The van der Waals surface area contributed by atoms with Crippen molar-refractivity contribution in [1.29, 1.82) is 0 Å². The van der Waals surface area contributed by atoms with Crippen LogP contribution < -0.4 is 0 Å². The zero-order valence-electron chi connectivity index (χ0n) is 7.95. The first-order chi connectivity index (χ1) is 6.84. The minimum absolute atomic E-state index is 0.178. The SMILES string of the molecule is Fc1ccc(CN2C[CH]OCC2)cc1. The second kappa shape index (κ2) is 4.53. The van der Waals surface area contributed by atoms with Crippen LogP contribution in [-0.4, -0.2) is 24.6 Å². The second-order valence-electron chi connectivity index (χ2n) is 3.40. The van der Waals surface area contributed by atoms with Gasteiger partial charge in [0.15, 0.2) is 0 Å². The van der Waals surface area contributed by atoms with Crippen LogP contribution >= 0.6 is 0 Å². The van der Waals surface area contributed by atoms with Crippen LogP contribution in [0.4, 0.5) is 4.39 Å². The zero-order valence-corrected chi connectivity index (χ0v) is 7.95. The Labute approximate surface area is 83.3 Å². The average Bonchev–Trinajstić information content (AvgIpc) is 2.23. The molecule has 0 bridgehead atoms. The lowest BCUT2D eigenvalue weighted by molar-refractivity contribution is 0.0811. The highest BCUT2D eigenvalue weighted by molar-refractivity contribution is 5.15. The molecule has 2 nitrogen and oxygen atoms in total. The highest BCUT2D eigenvalue weighted by atomic mass is 19.1. The molecule has 1 saturated heterocycles. The Kier molecular flexibility index (Phi) is 3.11. The molecule has 1 aliphatic rings. The van der Waals surface area contributed by atoms with Gasteiger partial charge in [-0.2, -0.15) is 0 Å². The van der Waals surface area contributed by atoms with E-state index in [1.54, 1.807) is 0 Å². The van der Waals surface area contributed by atoms with Gasteiger partial charge in [-0.05, 0) is 17.7 Å². The molecule has 1 aromatic rings. The van der Waals surface area contributed by atoms with Crippen molar-refractivity contribution in [3.63, 3.8) is 0 Å². The molecule has 1 fully saturated rings. The van der Waals surface area contributed by atoms with Gasteiger partial charge in [0.25, 0.3) is 0 Å². The van der Waals surface area contributed by atoms with Crippen molar-refractivity contribution in [3.05, 3.63) is 42.3 Å². The molecule has 0 aromatic heterocycles. The van der Waals surface area contributed by atoms with Gasteiger partial charge >= 0.3 is 0 Å². The van der Waals surface area contributed by atoms with Gasteiger partial charge in [-0.1, -0.05) is 12.1 Å².